The molecule has 0 aromatic carbocycles. The van der Waals surface area contributed by atoms with Gasteiger partial charge in [-0.1, -0.05) is 18.3 Å². The van der Waals surface area contributed by atoms with Crippen LogP contribution in [-0.2, 0) is 16.4 Å². The second kappa shape index (κ2) is 5.88. The summed E-state index contributed by atoms with van der Waals surface area (Å²) < 4.78 is 28.4. The lowest BCUT2D eigenvalue weighted by Crippen LogP contribution is -2.12. The van der Waals surface area contributed by atoms with Gasteiger partial charge in [-0.2, -0.15) is 5.10 Å². The minimum atomic E-state index is -3.65. The molecule has 1 N–H and O–H groups in total. The molecule has 0 aliphatic carbocycles. The van der Waals surface area contributed by atoms with Crippen molar-refractivity contribution >= 4 is 26.5 Å². The van der Waals surface area contributed by atoms with Gasteiger partial charge in [0, 0.05) is 18.7 Å². The van der Waals surface area contributed by atoms with Crippen LogP contribution >= 0.6 is 11.3 Å². The number of aryl methyl sites for hydroxylation is 1. The van der Waals surface area contributed by atoms with Crippen molar-refractivity contribution in [1.29, 1.82) is 0 Å². The molecule has 2 aromatic heterocycles. The lowest BCUT2D eigenvalue weighted by atomic mass is 10.4. The number of nitrogens with zero attached hydrogens (tertiary/aromatic N) is 4. The third-order valence-electron chi connectivity index (χ3n) is 2.57. The highest BCUT2D eigenvalue weighted by atomic mass is 32.2. The normalized spacial score (nSPS) is 12.0. The molecular formula is C11H17N5O2S2. The molecule has 0 saturated heterocycles. The van der Waals surface area contributed by atoms with E-state index < -0.39 is 10.0 Å². The molecule has 2 heterocycles. The predicted molar refractivity (Wildman–Crippen MR) is 77.3 cm³/mol. The number of hydrogen-bond donors (Lipinski definition) is 1. The Balaban J connectivity index is 2.16. The quantitative estimate of drug-likeness (QED) is 0.881. The minimum absolute atomic E-state index is 0.108. The zero-order valence-corrected chi connectivity index (χ0v) is 13.2. The molecule has 20 heavy (non-hydrogen) atoms. The highest BCUT2D eigenvalue weighted by Crippen LogP contribution is 2.21. The van der Waals surface area contributed by atoms with Crippen LogP contribution < -0.4 is 4.72 Å². The molecule has 0 aliphatic rings. The molecule has 0 bridgehead atoms. The highest BCUT2D eigenvalue weighted by Gasteiger charge is 2.19. The van der Waals surface area contributed by atoms with Crippen molar-refractivity contribution in [3.63, 3.8) is 0 Å². The number of anilines is 1. The summed E-state index contributed by atoms with van der Waals surface area (Å²) in [6, 6.07) is 0.108. The van der Waals surface area contributed by atoms with Gasteiger partial charge in [-0.05, 0) is 20.3 Å². The Kier molecular flexibility index (Phi) is 4.39. The summed E-state index contributed by atoms with van der Waals surface area (Å²) in [4.78, 5) is 0.124. The van der Waals surface area contributed by atoms with Crippen molar-refractivity contribution in [2.45, 2.75) is 44.6 Å². The van der Waals surface area contributed by atoms with Crippen molar-refractivity contribution in [3.8, 4) is 0 Å². The smallest absolute Gasteiger partial charge is 0.266 e. The van der Waals surface area contributed by atoms with E-state index in [0.29, 0.717) is 0 Å². The molecule has 0 radical (unpaired) electrons. The van der Waals surface area contributed by atoms with Crippen molar-refractivity contribution < 1.29 is 8.42 Å². The van der Waals surface area contributed by atoms with Crippen molar-refractivity contribution in [1.82, 2.24) is 20.0 Å². The summed E-state index contributed by atoms with van der Waals surface area (Å²) in [7, 11) is -3.65. The summed E-state index contributed by atoms with van der Waals surface area (Å²) in [6.07, 6.45) is 4.57. The third-order valence-corrected chi connectivity index (χ3v) is 4.89. The molecule has 0 atom stereocenters. The number of nitrogens with one attached hydrogen (secondary N) is 1. The Morgan fingerprint density at radius 1 is 1.40 bits per heavy atom. The first-order valence-corrected chi connectivity index (χ1v) is 8.61. The minimum Gasteiger partial charge on any atom is -0.269 e. The number of aromatic nitrogens is 4. The third kappa shape index (κ3) is 3.34. The maximum atomic E-state index is 12.2. The van der Waals surface area contributed by atoms with Crippen LogP contribution in [0.5, 0.6) is 0 Å². The zero-order valence-electron chi connectivity index (χ0n) is 11.6. The van der Waals surface area contributed by atoms with E-state index in [-0.39, 0.29) is 16.1 Å². The first kappa shape index (κ1) is 14.9. The van der Waals surface area contributed by atoms with Crippen LogP contribution in [0.4, 0.5) is 5.13 Å². The molecule has 110 valence electrons. The van der Waals surface area contributed by atoms with Gasteiger partial charge in [0.15, 0.2) is 0 Å². The van der Waals surface area contributed by atoms with Crippen LogP contribution in [0.1, 0.15) is 38.2 Å². The van der Waals surface area contributed by atoms with Crippen LogP contribution in [-0.4, -0.2) is 28.4 Å². The molecule has 0 aliphatic heterocycles. The highest BCUT2D eigenvalue weighted by molar-refractivity contribution is 7.93. The van der Waals surface area contributed by atoms with Gasteiger partial charge in [0.25, 0.3) is 10.0 Å². The fourth-order valence-corrected chi connectivity index (χ4v) is 3.54. The van der Waals surface area contributed by atoms with E-state index in [2.05, 4.69) is 20.0 Å². The van der Waals surface area contributed by atoms with E-state index in [1.807, 2.05) is 20.8 Å². The van der Waals surface area contributed by atoms with Crippen LogP contribution in [0.3, 0.4) is 0 Å². The fraction of sp³-hybridized carbons (Fsp3) is 0.545. The second-order valence-corrected chi connectivity index (χ2v) is 7.35. The van der Waals surface area contributed by atoms with Crippen molar-refractivity contribution in [3.05, 3.63) is 17.4 Å². The van der Waals surface area contributed by atoms with E-state index in [4.69, 9.17) is 0 Å². The van der Waals surface area contributed by atoms with E-state index in [0.717, 1.165) is 17.8 Å². The Hall–Kier alpha value is -1.48. The molecular weight excluding hydrogens is 298 g/mol. The lowest BCUT2D eigenvalue weighted by Gasteiger charge is -2.03. The topological polar surface area (TPSA) is 89.8 Å². The molecule has 0 amide bonds. The fourth-order valence-electron chi connectivity index (χ4n) is 1.53. The average Bonchev–Trinajstić information content (AvgIpc) is 2.98. The van der Waals surface area contributed by atoms with Gasteiger partial charge in [0.1, 0.15) is 9.90 Å². The van der Waals surface area contributed by atoms with E-state index in [1.165, 1.54) is 23.7 Å². The van der Waals surface area contributed by atoms with Gasteiger partial charge in [0.05, 0.1) is 6.20 Å². The monoisotopic (exact) mass is 315 g/mol. The van der Waals surface area contributed by atoms with Crippen LogP contribution in [0.25, 0.3) is 0 Å². The van der Waals surface area contributed by atoms with Gasteiger partial charge in [-0.15, -0.1) is 10.2 Å². The van der Waals surface area contributed by atoms with Gasteiger partial charge in [-0.3, -0.25) is 9.40 Å². The van der Waals surface area contributed by atoms with Gasteiger partial charge in [0.2, 0.25) is 5.13 Å². The molecule has 0 spiro atoms. The number of hydrogen-bond acceptors (Lipinski definition) is 6. The molecule has 2 rings (SSSR count). The van der Waals surface area contributed by atoms with E-state index >= 15 is 0 Å². The molecule has 0 saturated carbocycles. The SMILES string of the molecule is CCCc1nnc(NS(=O)(=O)c2cnn(C(C)C)c2)s1. The molecule has 2 aromatic rings. The van der Waals surface area contributed by atoms with Gasteiger partial charge < -0.3 is 0 Å². The number of rotatable bonds is 6. The summed E-state index contributed by atoms with van der Waals surface area (Å²) in [6.45, 7) is 5.89. The Morgan fingerprint density at radius 3 is 2.75 bits per heavy atom. The summed E-state index contributed by atoms with van der Waals surface area (Å²) in [5.41, 5.74) is 0. The summed E-state index contributed by atoms with van der Waals surface area (Å²) in [5, 5.41) is 12.9. The summed E-state index contributed by atoms with van der Waals surface area (Å²) in [5.74, 6) is 0. The molecule has 0 unspecified atom stereocenters. The Labute approximate surface area is 122 Å². The second-order valence-electron chi connectivity index (χ2n) is 4.61. The molecule has 9 heteroatoms. The lowest BCUT2D eigenvalue weighted by molar-refractivity contribution is 0.531. The van der Waals surface area contributed by atoms with Gasteiger partial charge in [-0.25, -0.2) is 8.42 Å². The first-order valence-electron chi connectivity index (χ1n) is 6.31. The van der Waals surface area contributed by atoms with E-state index in [9.17, 15) is 8.42 Å². The van der Waals surface area contributed by atoms with Crippen LogP contribution in [0.15, 0.2) is 17.3 Å². The maximum absolute atomic E-state index is 12.2. The average molecular weight is 315 g/mol. The maximum Gasteiger partial charge on any atom is 0.266 e. The van der Waals surface area contributed by atoms with Crippen LogP contribution in [0.2, 0.25) is 0 Å². The Bertz CT molecular complexity index is 675. The van der Waals surface area contributed by atoms with E-state index in [1.54, 1.807) is 4.68 Å². The number of sulfonamides is 1. The van der Waals surface area contributed by atoms with Gasteiger partial charge >= 0.3 is 0 Å². The molecule has 7 nitrogen and oxygen atoms in total. The Morgan fingerprint density at radius 2 is 2.15 bits per heavy atom. The van der Waals surface area contributed by atoms with Crippen molar-refractivity contribution in [2.75, 3.05) is 4.72 Å². The first-order chi connectivity index (χ1) is 9.42. The standard InChI is InChI=1S/C11H17N5O2S2/c1-4-5-10-13-14-11(19-10)15-20(17,18)9-6-12-16(7-9)8(2)3/h6-8H,4-5H2,1-3H3,(H,14,15). The van der Waals surface area contributed by atoms with Crippen molar-refractivity contribution in [2.24, 2.45) is 0 Å². The predicted octanol–water partition coefficient (Wildman–Crippen LogP) is 2.07. The molecule has 0 fully saturated rings. The van der Waals surface area contributed by atoms with Crippen LogP contribution in [0, 0.1) is 0 Å². The summed E-state index contributed by atoms with van der Waals surface area (Å²) >= 11 is 1.25. The largest absolute Gasteiger partial charge is 0.269 e. The zero-order chi connectivity index (χ0) is 14.8.